The van der Waals surface area contributed by atoms with E-state index in [1.807, 2.05) is 30.5 Å². The highest BCUT2D eigenvalue weighted by Crippen LogP contribution is 2.14. The van der Waals surface area contributed by atoms with E-state index in [9.17, 15) is 9.59 Å². The zero-order valence-corrected chi connectivity index (χ0v) is 12.5. The lowest BCUT2D eigenvalue weighted by molar-refractivity contribution is -0.137. The van der Waals surface area contributed by atoms with Gasteiger partial charge in [-0.05, 0) is 43.4 Å². The molecule has 0 aliphatic heterocycles. The number of hydrogen-bond acceptors (Lipinski definition) is 3. The van der Waals surface area contributed by atoms with E-state index in [1.54, 1.807) is 11.8 Å². The molecule has 1 amide bonds. The van der Waals surface area contributed by atoms with Gasteiger partial charge in [0.1, 0.15) is 0 Å². The molecule has 20 heavy (non-hydrogen) atoms. The number of carboxylic acid groups (broad SMARTS) is 1. The zero-order chi connectivity index (χ0) is 14.8. The second kappa shape index (κ2) is 9.42. The Kier molecular flexibility index (Phi) is 7.80. The Morgan fingerprint density at radius 1 is 1.10 bits per heavy atom. The van der Waals surface area contributed by atoms with E-state index in [2.05, 4.69) is 5.32 Å². The lowest BCUT2D eigenvalue weighted by atomic mass is 10.1. The summed E-state index contributed by atoms with van der Waals surface area (Å²) in [5, 5.41) is 11.4. The first-order valence-corrected chi connectivity index (χ1v) is 8.00. The first kappa shape index (κ1) is 16.6. The SMILES string of the molecule is CSc1ccc(C(=O)NCCCCCCC(=O)O)cc1. The summed E-state index contributed by atoms with van der Waals surface area (Å²) in [5.74, 6) is -0.796. The van der Waals surface area contributed by atoms with Gasteiger partial charge in [-0.25, -0.2) is 0 Å². The van der Waals surface area contributed by atoms with Crippen molar-refractivity contribution < 1.29 is 14.7 Å². The van der Waals surface area contributed by atoms with E-state index in [0.29, 0.717) is 18.5 Å². The Morgan fingerprint density at radius 3 is 2.35 bits per heavy atom. The van der Waals surface area contributed by atoms with Crippen molar-refractivity contribution in [1.29, 1.82) is 0 Å². The van der Waals surface area contributed by atoms with Crippen LogP contribution in [0, 0.1) is 0 Å². The Labute approximate surface area is 124 Å². The number of aliphatic carboxylic acids is 1. The molecule has 0 heterocycles. The highest BCUT2D eigenvalue weighted by molar-refractivity contribution is 7.98. The Balaban J connectivity index is 2.14. The maximum absolute atomic E-state index is 11.8. The third-order valence-electron chi connectivity index (χ3n) is 2.96. The molecule has 0 bridgehead atoms. The summed E-state index contributed by atoms with van der Waals surface area (Å²) < 4.78 is 0. The highest BCUT2D eigenvalue weighted by atomic mass is 32.2. The van der Waals surface area contributed by atoms with Crippen LogP contribution in [0.5, 0.6) is 0 Å². The lowest BCUT2D eigenvalue weighted by Crippen LogP contribution is -2.24. The molecule has 0 fully saturated rings. The summed E-state index contributed by atoms with van der Waals surface area (Å²) in [7, 11) is 0. The third-order valence-corrected chi connectivity index (χ3v) is 3.70. The zero-order valence-electron chi connectivity index (χ0n) is 11.7. The number of unbranched alkanes of at least 4 members (excludes halogenated alkanes) is 3. The maximum Gasteiger partial charge on any atom is 0.303 e. The smallest absolute Gasteiger partial charge is 0.303 e. The van der Waals surface area contributed by atoms with Gasteiger partial charge in [-0.3, -0.25) is 9.59 Å². The molecule has 1 rings (SSSR count). The second-order valence-corrected chi connectivity index (χ2v) is 5.42. The number of rotatable bonds is 9. The van der Waals surface area contributed by atoms with Crippen molar-refractivity contribution >= 4 is 23.6 Å². The van der Waals surface area contributed by atoms with Gasteiger partial charge in [-0.1, -0.05) is 12.8 Å². The molecule has 0 aromatic heterocycles. The minimum absolute atomic E-state index is 0.0526. The van der Waals surface area contributed by atoms with Crippen molar-refractivity contribution in [2.24, 2.45) is 0 Å². The number of hydrogen-bond donors (Lipinski definition) is 2. The van der Waals surface area contributed by atoms with Crippen LogP contribution in [0.25, 0.3) is 0 Å². The second-order valence-electron chi connectivity index (χ2n) is 4.54. The fraction of sp³-hybridized carbons (Fsp3) is 0.467. The van der Waals surface area contributed by atoms with Crippen LogP contribution >= 0.6 is 11.8 Å². The lowest BCUT2D eigenvalue weighted by Gasteiger charge is -2.05. The Bertz CT molecular complexity index is 431. The van der Waals surface area contributed by atoms with Gasteiger partial charge in [-0.2, -0.15) is 0 Å². The standard InChI is InChI=1S/C15H21NO3S/c1-20-13-9-7-12(8-10-13)15(19)16-11-5-3-2-4-6-14(17)18/h7-10H,2-6,11H2,1H3,(H,16,19)(H,17,18). The van der Waals surface area contributed by atoms with Crippen LogP contribution < -0.4 is 5.32 Å². The van der Waals surface area contributed by atoms with Crippen LogP contribution in [0.15, 0.2) is 29.2 Å². The summed E-state index contributed by atoms with van der Waals surface area (Å²) >= 11 is 1.65. The molecule has 0 aliphatic rings. The molecule has 0 aliphatic carbocycles. The van der Waals surface area contributed by atoms with Gasteiger partial charge in [-0.15, -0.1) is 11.8 Å². The monoisotopic (exact) mass is 295 g/mol. The normalized spacial score (nSPS) is 10.2. The molecular weight excluding hydrogens is 274 g/mol. The average molecular weight is 295 g/mol. The van der Waals surface area contributed by atoms with E-state index in [4.69, 9.17) is 5.11 Å². The molecule has 0 unspecified atom stereocenters. The number of benzene rings is 1. The molecule has 0 atom stereocenters. The number of thioether (sulfide) groups is 1. The van der Waals surface area contributed by atoms with Crippen molar-refractivity contribution in [1.82, 2.24) is 5.32 Å². The van der Waals surface area contributed by atoms with Crippen molar-refractivity contribution in [2.45, 2.75) is 37.0 Å². The molecule has 1 aromatic rings. The fourth-order valence-corrected chi connectivity index (χ4v) is 2.21. The molecule has 2 N–H and O–H groups in total. The van der Waals surface area contributed by atoms with Crippen molar-refractivity contribution in [3.05, 3.63) is 29.8 Å². The van der Waals surface area contributed by atoms with Crippen LogP contribution in [-0.4, -0.2) is 29.8 Å². The molecule has 4 nitrogen and oxygen atoms in total. The number of nitrogens with one attached hydrogen (secondary N) is 1. The van der Waals surface area contributed by atoms with Crippen LogP contribution in [0.4, 0.5) is 0 Å². The van der Waals surface area contributed by atoms with Crippen LogP contribution in [0.1, 0.15) is 42.5 Å². The van der Waals surface area contributed by atoms with Gasteiger partial charge in [0.05, 0.1) is 0 Å². The summed E-state index contributed by atoms with van der Waals surface area (Å²) in [4.78, 5) is 23.3. The van der Waals surface area contributed by atoms with Gasteiger partial charge in [0.25, 0.3) is 5.91 Å². The first-order valence-electron chi connectivity index (χ1n) is 6.77. The summed E-state index contributed by atoms with van der Waals surface area (Å²) in [6.07, 6.45) is 5.66. The highest BCUT2D eigenvalue weighted by Gasteiger charge is 2.04. The number of amides is 1. The summed E-state index contributed by atoms with van der Waals surface area (Å²) in [5.41, 5.74) is 0.675. The topological polar surface area (TPSA) is 66.4 Å². The summed E-state index contributed by atoms with van der Waals surface area (Å²) in [6, 6.07) is 7.53. The predicted molar refractivity (Wildman–Crippen MR) is 81.3 cm³/mol. The van der Waals surface area contributed by atoms with E-state index in [1.165, 1.54) is 0 Å². The Hall–Kier alpha value is -1.49. The Morgan fingerprint density at radius 2 is 1.75 bits per heavy atom. The predicted octanol–water partition coefficient (Wildman–Crippen LogP) is 3.17. The van der Waals surface area contributed by atoms with Crippen LogP contribution in [0.2, 0.25) is 0 Å². The number of carbonyl (C=O) groups is 2. The molecule has 0 saturated heterocycles. The number of carbonyl (C=O) groups excluding carboxylic acids is 1. The first-order chi connectivity index (χ1) is 9.63. The van der Waals surface area contributed by atoms with Crippen molar-refractivity contribution in [3.63, 3.8) is 0 Å². The number of carboxylic acids is 1. The minimum Gasteiger partial charge on any atom is -0.481 e. The van der Waals surface area contributed by atoms with E-state index in [-0.39, 0.29) is 12.3 Å². The van der Waals surface area contributed by atoms with Gasteiger partial charge < -0.3 is 10.4 Å². The van der Waals surface area contributed by atoms with E-state index in [0.717, 1.165) is 24.2 Å². The van der Waals surface area contributed by atoms with E-state index < -0.39 is 5.97 Å². The van der Waals surface area contributed by atoms with Gasteiger partial charge in [0, 0.05) is 23.4 Å². The fourth-order valence-electron chi connectivity index (χ4n) is 1.80. The molecule has 1 aromatic carbocycles. The summed E-state index contributed by atoms with van der Waals surface area (Å²) in [6.45, 7) is 0.635. The largest absolute Gasteiger partial charge is 0.481 e. The quantitative estimate of drug-likeness (QED) is 0.542. The molecule has 0 spiro atoms. The van der Waals surface area contributed by atoms with Crippen LogP contribution in [0.3, 0.4) is 0 Å². The van der Waals surface area contributed by atoms with E-state index >= 15 is 0 Å². The minimum atomic E-state index is -0.744. The molecule has 0 saturated carbocycles. The maximum atomic E-state index is 11.8. The molecule has 0 radical (unpaired) electrons. The molecular formula is C15H21NO3S. The van der Waals surface area contributed by atoms with Gasteiger partial charge in [0.2, 0.25) is 0 Å². The molecule has 5 heteroatoms. The molecule has 110 valence electrons. The van der Waals surface area contributed by atoms with Crippen molar-refractivity contribution in [3.8, 4) is 0 Å². The van der Waals surface area contributed by atoms with Crippen LogP contribution in [-0.2, 0) is 4.79 Å². The van der Waals surface area contributed by atoms with Gasteiger partial charge >= 0.3 is 5.97 Å². The average Bonchev–Trinajstić information content (AvgIpc) is 2.45. The van der Waals surface area contributed by atoms with Gasteiger partial charge in [0.15, 0.2) is 0 Å². The van der Waals surface area contributed by atoms with Crippen molar-refractivity contribution in [2.75, 3.05) is 12.8 Å². The third kappa shape index (κ3) is 6.61.